The van der Waals surface area contributed by atoms with Gasteiger partial charge in [-0.3, -0.25) is 9.69 Å². The molecule has 0 heterocycles. The van der Waals surface area contributed by atoms with Crippen molar-refractivity contribution in [1.82, 2.24) is 4.90 Å². The molecule has 0 aliphatic rings. The standard InChI is InChI=1S/C14H17ClN2O2/c1-19-10-9-17(8-2-7-16)11-14(18)12-3-5-13(15)6-4-12/h3-6H,2,8-11H2,1H3. The second-order valence-electron chi connectivity index (χ2n) is 4.11. The zero-order valence-electron chi connectivity index (χ0n) is 10.9. The van der Waals surface area contributed by atoms with Crippen LogP contribution in [0.1, 0.15) is 16.8 Å². The summed E-state index contributed by atoms with van der Waals surface area (Å²) in [6.07, 6.45) is 0.400. The number of hydrogen-bond donors (Lipinski definition) is 0. The quantitative estimate of drug-likeness (QED) is 0.686. The molecule has 0 N–H and O–H groups in total. The number of ketones is 1. The number of hydrogen-bond acceptors (Lipinski definition) is 4. The van der Waals surface area contributed by atoms with Gasteiger partial charge in [0, 0.05) is 37.2 Å². The number of ether oxygens (including phenoxy) is 1. The summed E-state index contributed by atoms with van der Waals surface area (Å²) >= 11 is 5.78. The number of carbonyl (C=O) groups is 1. The fourth-order valence-electron chi connectivity index (χ4n) is 1.63. The summed E-state index contributed by atoms with van der Waals surface area (Å²) in [6, 6.07) is 8.90. The zero-order valence-corrected chi connectivity index (χ0v) is 11.7. The molecule has 19 heavy (non-hydrogen) atoms. The van der Waals surface area contributed by atoms with Crippen LogP contribution >= 0.6 is 11.6 Å². The minimum Gasteiger partial charge on any atom is -0.383 e. The van der Waals surface area contributed by atoms with E-state index < -0.39 is 0 Å². The van der Waals surface area contributed by atoms with Gasteiger partial charge in [-0.25, -0.2) is 0 Å². The first-order valence-corrected chi connectivity index (χ1v) is 6.42. The monoisotopic (exact) mass is 280 g/mol. The Morgan fingerprint density at radius 1 is 1.37 bits per heavy atom. The highest BCUT2D eigenvalue weighted by Gasteiger charge is 2.12. The highest BCUT2D eigenvalue weighted by molar-refractivity contribution is 6.30. The first-order valence-electron chi connectivity index (χ1n) is 6.04. The van der Waals surface area contributed by atoms with E-state index in [0.717, 1.165) is 0 Å². The molecule has 0 aliphatic heterocycles. The number of nitrogens with zero attached hydrogens (tertiary/aromatic N) is 2. The molecule has 4 nitrogen and oxygen atoms in total. The number of methoxy groups -OCH3 is 1. The average molecular weight is 281 g/mol. The summed E-state index contributed by atoms with van der Waals surface area (Å²) in [7, 11) is 1.61. The van der Waals surface area contributed by atoms with Gasteiger partial charge in [-0.1, -0.05) is 11.6 Å². The molecule has 1 aromatic rings. The molecule has 1 rings (SSSR count). The van der Waals surface area contributed by atoms with Crippen LogP contribution in [0.15, 0.2) is 24.3 Å². The molecule has 0 radical (unpaired) electrons. The van der Waals surface area contributed by atoms with Gasteiger partial charge >= 0.3 is 0 Å². The van der Waals surface area contributed by atoms with Crippen LogP contribution in [0.25, 0.3) is 0 Å². The zero-order chi connectivity index (χ0) is 14.1. The first kappa shape index (κ1) is 15.6. The van der Waals surface area contributed by atoms with Crippen LogP contribution in [0.3, 0.4) is 0 Å². The Labute approximate surface area is 118 Å². The van der Waals surface area contributed by atoms with Crippen molar-refractivity contribution in [2.45, 2.75) is 6.42 Å². The Morgan fingerprint density at radius 2 is 2.05 bits per heavy atom. The Balaban J connectivity index is 2.59. The Bertz CT molecular complexity index is 440. The lowest BCUT2D eigenvalue weighted by molar-refractivity contribution is 0.0898. The number of nitriles is 1. The molecule has 1 aromatic carbocycles. The molecule has 0 unspecified atom stereocenters. The van der Waals surface area contributed by atoms with E-state index >= 15 is 0 Å². The summed E-state index contributed by atoms with van der Waals surface area (Å²) < 4.78 is 5.00. The van der Waals surface area contributed by atoms with Gasteiger partial charge in [-0.05, 0) is 24.3 Å². The second-order valence-corrected chi connectivity index (χ2v) is 4.54. The first-order chi connectivity index (χ1) is 9.17. The minimum absolute atomic E-state index is 0.0192. The molecule has 5 heteroatoms. The van der Waals surface area contributed by atoms with Crippen molar-refractivity contribution in [3.05, 3.63) is 34.9 Å². The summed E-state index contributed by atoms with van der Waals surface area (Å²) in [6.45, 7) is 2.03. The van der Waals surface area contributed by atoms with Gasteiger partial charge in [0.05, 0.1) is 19.2 Å². The molecule has 102 valence electrons. The lowest BCUT2D eigenvalue weighted by Gasteiger charge is -2.19. The molecule has 0 saturated heterocycles. The summed E-state index contributed by atoms with van der Waals surface area (Å²) in [5.74, 6) is 0.0192. The van der Waals surface area contributed by atoms with Crippen molar-refractivity contribution in [2.75, 3.05) is 33.4 Å². The van der Waals surface area contributed by atoms with Gasteiger partial charge in [0.25, 0.3) is 0 Å². The Kier molecular flexibility index (Phi) is 7.12. The maximum atomic E-state index is 12.1. The van der Waals surface area contributed by atoms with Crippen LogP contribution < -0.4 is 0 Å². The number of halogens is 1. The van der Waals surface area contributed by atoms with Crippen LogP contribution in [0.5, 0.6) is 0 Å². The van der Waals surface area contributed by atoms with Crippen LogP contribution in [0, 0.1) is 11.3 Å². The number of Topliss-reactive ketones (excluding diaryl/α,β-unsaturated/α-hetero) is 1. The predicted octanol–water partition coefficient (Wildman–Crippen LogP) is 2.38. The third-order valence-electron chi connectivity index (χ3n) is 2.68. The van der Waals surface area contributed by atoms with Gasteiger partial charge in [-0.15, -0.1) is 0 Å². The van der Waals surface area contributed by atoms with Crippen LogP contribution in [-0.2, 0) is 4.74 Å². The molecule has 0 fully saturated rings. The fraction of sp³-hybridized carbons (Fsp3) is 0.429. The minimum atomic E-state index is 0.0192. The van der Waals surface area contributed by atoms with Crippen molar-refractivity contribution in [3.63, 3.8) is 0 Å². The normalized spacial score (nSPS) is 10.4. The summed E-state index contributed by atoms with van der Waals surface area (Å²) in [5.41, 5.74) is 0.628. The molecule has 0 spiro atoms. The van der Waals surface area contributed by atoms with E-state index in [1.165, 1.54) is 0 Å². The van der Waals surface area contributed by atoms with E-state index in [0.29, 0.717) is 36.7 Å². The van der Waals surface area contributed by atoms with Crippen molar-refractivity contribution in [2.24, 2.45) is 0 Å². The fourth-order valence-corrected chi connectivity index (χ4v) is 1.75. The number of benzene rings is 1. The van der Waals surface area contributed by atoms with Crippen LogP contribution in [-0.4, -0.2) is 44.0 Å². The number of carbonyl (C=O) groups excluding carboxylic acids is 1. The lowest BCUT2D eigenvalue weighted by Crippen LogP contribution is -2.33. The molecule has 0 saturated carbocycles. The molecule has 0 amide bonds. The van der Waals surface area contributed by atoms with Gasteiger partial charge in [0.1, 0.15) is 0 Å². The highest BCUT2D eigenvalue weighted by Crippen LogP contribution is 2.10. The van der Waals surface area contributed by atoms with Gasteiger partial charge in [0.15, 0.2) is 5.78 Å². The van der Waals surface area contributed by atoms with E-state index in [-0.39, 0.29) is 12.3 Å². The van der Waals surface area contributed by atoms with E-state index in [4.69, 9.17) is 21.6 Å². The lowest BCUT2D eigenvalue weighted by atomic mass is 10.1. The SMILES string of the molecule is COCCN(CCC#N)CC(=O)c1ccc(Cl)cc1. The third kappa shape index (κ3) is 5.84. The van der Waals surface area contributed by atoms with Gasteiger partial charge < -0.3 is 4.74 Å². The molecular weight excluding hydrogens is 264 g/mol. The van der Waals surface area contributed by atoms with Gasteiger partial charge in [0.2, 0.25) is 0 Å². The summed E-state index contributed by atoms with van der Waals surface area (Å²) in [5, 5.41) is 9.22. The molecule has 0 atom stereocenters. The molecule has 0 aliphatic carbocycles. The topological polar surface area (TPSA) is 53.3 Å². The smallest absolute Gasteiger partial charge is 0.176 e. The number of rotatable bonds is 8. The van der Waals surface area contributed by atoms with E-state index in [1.807, 2.05) is 4.90 Å². The van der Waals surface area contributed by atoms with E-state index in [1.54, 1.807) is 31.4 Å². The maximum Gasteiger partial charge on any atom is 0.176 e. The van der Waals surface area contributed by atoms with Crippen molar-refractivity contribution >= 4 is 17.4 Å². The Morgan fingerprint density at radius 3 is 2.63 bits per heavy atom. The van der Waals surface area contributed by atoms with Crippen molar-refractivity contribution in [1.29, 1.82) is 5.26 Å². The highest BCUT2D eigenvalue weighted by atomic mass is 35.5. The average Bonchev–Trinajstić information content (AvgIpc) is 2.42. The second kappa shape index (κ2) is 8.65. The molecule has 0 bridgehead atoms. The third-order valence-corrected chi connectivity index (χ3v) is 2.94. The van der Waals surface area contributed by atoms with Crippen LogP contribution in [0.2, 0.25) is 5.02 Å². The van der Waals surface area contributed by atoms with E-state index in [2.05, 4.69) is 6.07 Å². The maximum absolute atomic E-state index is 12.1. The van der Waals surface area contributed by atoms with E-state index in [9.17, 15) is 4.79 Å². The predicted molar refractivity (Wildman–Crippen MR) is 74.3 cm³/mol. The summed E-state index contributed by atoms with van der Waals surface area (Å²) in [4.78, 5) is 14.0. The Hall–Kier alpha value is -1.41. The van der Waals surface area contributed by atoms with Crippen molar-refractivity contribution < 1.29 is 9.53 Å². The molecular formula is C14H17ClN2O2. The molecule has 0 aromatic heterocycles. The van der Waals surface area contributed by atoms with Crippen molar-refractivity contribution in [3.8, 4) is 6.07 Å². The van der Waals surface area contributed by atoms with Crippen LogP contribution in [0.4, 0.5) is 0 Å². The largest absolute Gasteiger partial charge is 0.383 e. The van der Waals surface area contributed by atoms with Gasteiger partial charge in [-0.2, -0.15) is 5.26 Å².